The molecule has 7 nitrogen and oxygen atoms in total. The molecule has 19 heavy (non-hydrogen) atoms. The highest BCUT2D eigenvalue weighted by Gasteiger charge is 2.17. The van der Waals surface area contributed by atoms with Gasteiger partial charge in [-0.05, 0) is 6.07 Å². The Morgan fingerprint density at radius 1 is 1.47 bits per heavy atom. The highest BCUT2D eigenvalue weighted by Crippen LogP contribution is 2.18. The lowest BCUT2D eigenvalue weighted by Gasteiger charge is -2.07. The molecule has 0 saturated carbocycles. The Bertz CT molecular complexity index is 670. The van der Waals surface area contributed by atoms with Gasteiger partial charge in [-0.3, -0.25) is 4.98 Å². The Kier molecular flexibility index (Phi) is 4.13. The average Bonchev–Trinajstić information content (AvgIpc) is 2.75. The fourth-order valence-electron chi connectivity index (χ4n) is 1.47. The quantitative estimate of drug-likeness (QED) is 0.862. The Labute approximate surface area is 115 Å². The third-order valence-corrected chi connectivity index (χ3v) is 4.40. The van der Waals surface area contributed by atoms with Gasteiger partial charge in [0.15, 0.2) is 0 Å². The predicted molar refractivity (Wildman–Crippen MR) is 69.1 cm³/mol. The lowest BCUT2D eigenvalue weighted by atomic mass is 10.4. The van der Waals surface area contributed by atoms with E-state index >= 15 is 0 Å². The van der Waals surface area contributed by atoms with E-state index in [1.165, 1.54) is 18.5 Å². The smallest absolute Gasteiger partial charge is 0.243 e. The number of nitrogens with one attached hydrogen (secondary N) is 1. The minimum Gasteiger partial charge on any atom is -0.321 e. The second kappa shape index (κ2) is 5.64. The van der Waals surface area contributed by atoms with E-state index in [-0.39, 0.29) is 16.5 Å². The molecule has 0 aliphatic carbocycles. The van der Waals surface area contributed by atoms with Crippen molar-refractivity contribution in [2.45, 2.75) is 11.3 Å². The summed E-state index contributed by atoms with van der Waals surface area (Å²) in [6.45, 7) is 0.208. The van der Waals surface area contributed by atoms with Crippen molar-refractivity contribution in [3.63, 3.8) is 0 Å². The molecule has 0 aromatic carbocycles. The first kappa shape index (κ1) is 13.9. The third-order valence-electron chi connectivity index (χ3n) is 2.47. The van der Waals surface area contributed by atoms with Gasteiger partial charge in [0.25, 0.3) is 0 Å². The molecule has 0 saturated heterocycles. The number of aromatic nitrogens is 4. The molecule has 2 aromatic heterocycles. The fraction of sp³-hybridized carbons (Fsp3) is 0.300. The molecule has 1 N–H and O–H groups in total. The SMILES string of the molecule is Cn1cnnc1CCNS(=O)(=O)c1cnccc1Cl. The highest BCUT2D eigenvalue weighted by atomic mass is 35.5. The topological polar surface area (TPSA) is 89.8 Å². The molecule has 0 aliphatic heterocycles. The standard InChI is InChI=1S/C10H12ClN5O2S/c1-16-7-13-15-10(16)3-5-14-19(17,18)9-6-12-4-2-8(9)11/h2,4,6-7,14H,3,5H2,1H3. The van der Waals surface area contributed by atoms with Crippen LogP contribution in [-0.2, 0) is 23.5 Å². The van der Waals surface area contributed by atoms with Gasteiger partial charge in [0.1, 0.15) is 17.0 Å². The zero-order valence-corrected chi connectivity index (χ0v) is 11.7. The molecule has 0 bridgehead atoms. The molecular weight excluding hydrogens is 290 g/mol. The van der Waals surface area contributed by atoms with Crippen molar-refractivity contribution >= 4 is 21.6 Å². The molecule has 2 aromatic rings. The maximum atomic E-state index is 12.0. The lowest BCUT2D eigenvalue weighted by Crippen LogP contribution is -2.27. The normalized spacial score (nSPS) is 11.7. The summed E-state index contributed by atoms with van der Waals surface area (Å²) >= 11 is 5.83. The van der Waals surface area contributed by atoms with Crippen LogP contribution >= 0.6 is 11.6 Å². The summed E-state index contributed by atoms with van der Waals surface area (Å²) in [5, 5.41) is 7.72. The van der Waals surface area contributed by atoms with Crippen molar-refractivity contribution in [2.75, 3.05) is 6.54 Å². The van der Waals surface area contributed by atoms with Gasteiger partial charge in [0.05, 0.1) is 5.02 Å². The van der Waals surface area contributed by atoms with Crippen LogP contribution in [0, 0.1) is 0 Å². The average molecular weight is 302 g/mol. The number of nitrogens with zero attached hydrogens (tertiary/aromatic N) is 4. The number of sulfonamides is 1. The minimum atomic E-state index is -3.66. The first-order chi connectivity index (χ1) is 9.00. The maximum Gasteiger partial charge on any atom is 0.243 e. The van der Waals surface area contributed by atoms with Crippen molar-refractivity contribution in [1.82, 2.24) is 24.5 Å². The fourth-order valence-corrected chi connectivity index (χ4v) is 2.93. The summed E-state index contributed by atoms with van der Waals surface area (Å²) in [6.07, 6.45) is 4.64. The molecule has 2 heterocycles. The second-order valence-corrected chi connectivity index (χ2v) is 5.95. The minimum absolute atomic E-state index is 0.0327. The molecule has 9 heteroatoms. The van der Waals surface area contributed by atoms with E-state index in [2.05, 4.69) is 19.9 Å². The Morgan fingerprint density at radius 3 is 2.89 bits per heavy atom. The van der Waals surface area contributed by atoms with Crippen LogP contribution in [0.4, 0.5) is 0 Å². The predicted octanol–water partition coefficient (Wildman–Crippen LogP) is 0.385. The number of hydrogen-bond donors (Lipinski definition) is 1. The Morgan fingerprint density at radius 2 is 2.26 bits per heavy atom. The summed E-state index contributed by atoms with van der Waals surface area (Å²) in [7, 11) is -1.87. The Hall–Kier alpha value is -1.51. The van der Waals surface area contributed by atoms with Gasteiger partial charge in [-0.1, -0.05) is 11.6 Å². The zero-order valence-electron chi connectivity index (χ0n) is 10.1. The summed E-state index contributed by atoms with van der Waals surface area (Å²) in [5.41, 5.74) is 0. The third kappa shape index (κ3) is 3.28. The molecule has 0 spiro atoms. The van der Waals surface area contributed by atoms with Crippen LogP contribution in [-0.4, -0.2) is 34.7 Å². The van der Waals surface area contributed by atoms with Crippen LogP contribution in [0.1, 0.15) is 5.82 Å². The first-order valence-electron chi connectivity index (χ1n) is 5.43. The van der Waals surface area contributed by atoms with Gasteiger partial charge < -0.3 is 4.57 Å². The molecule has 2 rings (SSSR count). The maximum absolute atomic E-state index is 12.0. The lowest BCUT2D eigenvalue weighted by molar-refractivity contribution is 0.579. The largest absolute Gasteiger partial charge is 0.321 e. The van der Waals surface area contributed by atoms with Crippen LogP contribution in [0.15, 0.2) is 29.7 Å². The van der Waals surface area contributed by atoms with Crippen molar-refractivity contribution < 1.29 is 8.42 Å². The van der Waals surface area contributed by atoms with E-state index in [4.69, 9.17) is 11.6 Å². The van der Waals surface area contributed by atoms with E-state index in [9.17, 15) is 8.42 Å². The molecule has 0 unspecified atom stereocenters. The van der Waals surface area contributed by atoms with Gasteiger partial charge >= 0.3 is 0 Å². The van der Waals surface area contributed by atoms with Crippen molar-refractivity contribution in [1.29, 1.82) is 0 Å². The second-order valence-electron chi connectivity index (χ2n) is 3.81. The van der Waals surface area contributed by atoms with Crippen molar-refractivity contribution in [3.05, 3.63) is 35.6 Å². The first-order valence-corrected chi connectivity index (χ1v) is 7.29. The molecular formula is C10H12ClN5O2S. The zero-order chi connectivity index (χ0) is 13.9. The molecule has 0 amide bonds. The van der Waals surface area contributed by atoms with Crippen LogP contribution in [0.3, 0.4) is 0 Å². The molecule has 0 radical (unpaired) electrons. The monoisotopic (exact) mass is 301 g/mol. The van der Waals surface area contributed by atoms with Crippen molar-refractivity contribution in [3.8, 4) is 0 Å². The highest BCUT2D eigenvalue weighted by molar-refractivity contribution is 7.89. The molecule has 0 atom stereocenters. The van der Waals surface area contributed by atoms with Crippen LogP contribution < -0.4 is 4.72 Å². The van der Waals surface area contributed by atoms with E-state index < -0.39 is 10.0 Å². The number of hydrogen-bond acceptors (Lipinski definition) is 5. The van der Waals surface area contributed by atoms with Crippen LogP contribution in [0.2, 0.25) is 5.02 Å². The summed E-state index contributed by atoms with van der Waals surface area (Å²) in [5.74, 6) is 0.694. The molecule has 102 valence electrons. The number of pyridine rings is 1. The summed E-state index contributed by atoms with van der Waals surface area (Å²) in [6, 6.07) is 1.43. The van der Waals surface area contributed by atoms with Gasteiger partial charge in [-0.2, -0.15) is 0 Å². The van der Waals surface area contributed by atoms with E-state index in [1.54, 1.807) is 17.9 Å². The van der Waals surface area contributed by atoms with Crippen LogP contribution in [0.5, 0.6) is 0 Å². The van der Waals surface area contributed by atoms with Gasteiger partial charge in [-0.25, -0.2) is 13.1 Å². The van der Waals surface area contributed by atoms with Crippen molar-refractivity contribution in [2.24, 2.45) is 7.05 Å². The van der Waals surface area contributed by atoms with E-state index in [0.717, 1.165) is 0 Å². The van der Waals surface area contributed by atoms with E-state index in [0.29, 0.717) is 12.2 Å². The van der Waals surface area contributed by atoms with Crippen LogP contribution in [0.25, 0.3) is 0 Å². The number of rotatable bonds is 5. The van der Waals surface area contributed by atoms with E-state index in [1.807, 2.05) is 0 Å². The van der Waals surface area contributed by atoms with Gasteiger partial charge in [-0.15, -0.1) is 10.2 Å². The molecule has 0 aliphatic rings. The Balaban J connectivity index is 2.03. The molecule has 0 fully saturated rings. The number of halogens is 1. The van der Waals surface area contributed by atoms with Gasteiger partial charge in [0, 0.05) is 32.4 Å². The number of aryl methyl sites for hydroxylation is 1. The summed E-state index contributed by atoms with van der Waals surface area (Å²) < 4.78 is 28.2. The summed E-state index contributed by atoms with van der Waals surface area (Å²) in [4.78, 5) is 3.72. The van der Waals surface area contributed by atoms with Gasteiger partial charge in [0.2, 0.25) is 10.0 Å².